The molecule has 2 unspecified atom stereocenters. The van der Waals surface area contributed by atoms with Gasteiger partial charge in [0.15, 0.2) is 0 Å². The fourth-order valence-electron chi connectivity index (χ4n) is 2.14. The van der Waals surface area contributed by atoms with Crippen LogP contribution in [0.2, 0.25) is 0 Å². The van der Waals surface area contributed by atoms with Crippen LogP contribution in [0, 0.1) is 0 Å². The van der Waals surface area contributed by atoms with E-state index >= 15 is 0 Å². The topological polar surface area (TPSA) is 42.0 Å². The molecule has 1 aromatic heterocycles. The van der Waals surface area contributed by atoms with Crippen LogP contribution in [0.25, 0.3) is 10.8 Å². The fourth-order valence-corrected chi connectivity index (χ4v) is 2.41. The van der Waals surface area contributed by atoms with Crippen LogP contribution >= 0.6 is 11.6 Å². The van der Waals surface area contributed by atoms with Crippen molar-refractivity contribution in [2.24, 2.45) is 0 Å². The first-order chi connectivity index (χ1) is 9.08. The second-order valence-corrected chi connectivity index (χ2v) is 5.52. The van der Waals surface area contributed by atoms with Crippen LogP contribution in [0.3, 0.4) is 0 Å². The molecule has 0 bridgehead atoms. The number of hydrogen-bond donors (Lipinski definition) is 1. The van der Waals surface area contributed by atoms with E-state index in [1.807, 2.05) is 44.2 Å². The molecule has 100 valence electrons. The molecule has 0 aliphatic rings. The highest BCUT2D eigenvalue weighted by Gasteiger charge is 2.15. The number of carbonyl (C=O) groups is 1. The summed E-state index contributed by atoms with van der Waals surface area (Å²) in [6.45, 7) is 3.86. The summed E-state index contributed by atoms with van der Waals surface area (Å²) in [5, 5.41) is 4.86. The SMILES string of the molecule is CC(Cl)CC(C)NC(=O)c1nccc2ccccc12. The number of hydrogen-bond acceptors (Lipinski definition) is 2. The minimum atomic E-state index is -0.151. The number of benzene rings is 1. The van der Waals surface area contributed by atoms with Crippen molar-refractivity contribution in [1.29, 1.82) is 0 Å². The maximum atomic E-state index is 12.2. The highest BCUT2D eigenvalue weighted by molar-refractivity contribution is 6.20. The number of rotatable bonds is 4. The second-order valence-electron chi connectivity index (χ2n) is 4.77. The smallest absolute Gasteiger partial charge is 0.270 e. The van der Waals surface area contributed by atoms with Gasteiger partial charge in [-0.05, 0) is 31.7 Å². The minimum Gasteiger partial charge on any atom is -0.348 e. The van der Waals surface area contributed by atoms with Gasteiger partial charge in [0.05, 0.1) is 0 Å². The Morgan fingerprint density at radius 2 is 2.05 bits per heavy atom. The zero-order valence-electron chi connectivity index (χ0n) is 11.1. The third-order valence-electron chi connectivity index (χ3n) is 2.94. The normalized spacial score (nSPS) is 14.1. The number of nitrogens with zero attached hydrogens (tertiary/aromatic N) is 1. The molecule has 2 rings (SSSR count). The molecule has 2 atom stereocenters. The van der Waals surface area contributed by atoms with Crippen molar-refractivity contribution in [3.05, 3.63) is 42.2 Å². The van der Waals surface area contributed by atoms with Gasteiger partial charge in [0.25, 0.3) is 5.91 Å². The van der Waals surface area contributed by atoms with Gasteiger partial charge in [0.1, 0.15) is 5.69 Å². The molecule has 1 N–H and O–H groups in total. The summed E-state index contributed by atoms with van der Waals surface area (Å²) >= 11 is 5.93. The third-order valence-corrected chi connectivity index (χ3v) is 3.12. The molecule has 1 amide bonds. The van der Waals surface area contributed by atoms with Gasteiger partial charge in [0.2, 0.25) is 0 Å². The second kappa shape index (κ2) is 6.02. The number of alkyl halides is 1. The summed E-state index contributed by atoms with van der Waals surface area (Å²) in [5.41, 5.74) is 0.465. The van der Waals surface area contributed by atoms with Gasteiger partial charge in [-0.3, -0.25) is 9.78 Å². The van der Waals surface area contributed by atoms with Crippen molar-refractivity contribution < 1.29 is 4.79 Å². The molecule has 0 saturated heterocycles. The van der Waals surface area contributed by atoms with E-state index in [9.17, 15) is 4.79 Å². The van der Waals surface area contributed by atoms with Gasteiger partial charge in [-0.2, -0.15) is 0 Å². The number of pyridine rings is 1. The predicted molar refractivity (Wildman–Crippen MR) is 78.6 cm³/mol. The average Bonchev–Trinajstić information content (AvgIpc) is 2.36. The standard InChI is InChI=1S/C15H17ClN2O/c1-10(16)9-11(2)18-15(19)14-13-6-4-3-5-12(13)7-8-17-14/h3-8,10-11H,9H2,1-2H3,(H,18,19). The molecule has 1 aromatic carbocycles. The molecule has 1 heterocycles. The number of fused-ring (bicyclic) bond motifs is 1. The molecule has 0 aliphatic heterocycles. The molecule has 0 spiro atoms. The number of halogens is 1. The van der Waals surface area contributed by atoms with E-state index in [0.29, 0.717) is 5.69 Å². The Balaban J connectivity index is 2.22. The summed E-state index contributed by atoms with van der Waals surface area (Å²) in [6, 6.07) is 9.66. The molecule has 2 aromatic rings. The largest absolute Gasteiger partial charge is 0.348 e. The van der Waals surface area contributed by atoms with Crippen molar-refractivity contribution in [2.45, 2.75) is 31.7 Å². The number of aromatic nitrogens is 1. The average molecular weight is 277 g/mol. The van der Waals surface area contributed by atoms with Crippen molar-refractivity contribution in [3.63, 3.8) is 0 Å². The third kappa shape index (κ3) is 3.44. The van der Waals surface area contributed by atoms with Crippen LogP contribution in [0.4, 0.5) is 0 Å². The Morgan fingerprint density at radius 1 is 1.32 bits per heavy atom. The van der Waals surface area contributed by atoms with E-state index in [0.717, 1.165) is 17.2 Å². The minimum absolute atomic E-state index is 0.0285. The first-order valence-corrected chi connectivity index (χ1v) is 6.80. The molecule has 0 aliphatic carbocycles. The first kappa shape index (κ1) is 13.8. The summed E-state index contributed by atoms with van der Waals surface area (Å²) in [6.07, 6.45) is 2.39. The van der Waals surface area contributed by atoms with Crippen molar-refractivity contribution in [2.75, 3.05) is 0 Å². The molecule has 4 heteroatoms. The lowest BCUT2D eigenvalue weighted by Crippen LogP contribution is -2.34. The maximum absolute atomic E-state index is 12.2. The Morgan fingerprint density at radius 3 is 2.79 bits per heavy atom. The number of carbonyl (C=O) groups excluding carboxylic acids is 1. The maximum Gasteiger partial charge on any atom is 0.270 e. The van der Waals surface area contributed by atoms with Crippen LogP contribution < -0.4 is 5.32 Å². The Hall–Kier alpha value is -1.61. The number of nitrogens with one attached hydrogen (secondary N) is 1. The van der Waals surface area contributed by atoms with Crippen LogP contribution in [0.1, 0.15) is 30.8 Å². The molecular formula is C15H17ClN2O. The quantitative estimate of drug-likeness (QED) is 0.870. The molecule has 0 saturated carbocycles. The Bertz CT molecular complexity index is 578. The van der Waals surface area contributed by atoms with Crippen molar-refractivity contribution in [3.8, 4) is 0 Å². The van der Waals surface area contributed by atoms with Crippen LogP contribution in [-0.2, 0) is 0 Å². The highest BCUT2D eigenvalue weighted by Crippen LogP contribution is 2.16. The van der Waals surface area contributed by atoms with E-state index < -0.39 is 0 Å². The predicted octanol–water partition coefficient (Wildman–Crippen LogP) is 3.37. The Kier molecular flexibility index (Phi) is 4.38. The van der Waals surface area contributed by atoms with E-state index in [-0.39, 0.29) is 17.3 Å². The van der Waals surface area contributed by atoms with Crippen LogP contribution in [-0.4, -0.2) is 22.3 Å². The van der Waals surface area contributed by atoms with Gasteiger partial charge in [0, 0.05) is 23.0 Å². The van der Waals surface area contributed by atoms with Gasteiger partial charge in [-0.25, -0.2) is 0 Å². The summed E-state index contributed by atoms with van der Waals surface area (Å²) in [7, 11) is 0. The first-order valence-electron chi connectivity index (χ1n) is 6.36. The summed E-state index contributed by atoms with van der Waals surface area (Å²) in [4.78, 5) is 16.4. The van der Waals surface area contributed by atoms with Gasteiger partial charge in [-0.15, -0.1) is 11.6 Å². The fraction of sp³-hybridized carbons (Fsp3) is 0.333. The summed E-state index contributed by atoms with van der Waals surface area (Å²) in [5.74, 6) is -0.151. The monoisotopic (exact) mass is 276 g/mol. The van der Waals surface area contributed by atoms with Crippen molar-refractivity contribution >= 4 is 28.3 Å². The lowest BCUT2D eigenvalue weighted by Gasteiger charge is -2.15. The molecule has 3 nitrogen and oxygen atoms in total. The molecule has 0 fully saturated rings. The molecule has 0 radical (unpaired) electrons. The van der Waals surface area contributed by atoms with E-state index in [4.69, 9.17) is 11.6 Å². The molecular weight excluding hydrogens is 260 g/mol. The van der Waals surface area contributed by atoms with Gasteiger partial charge < -0.3 is 5.32 Å². The van der Waals surface area contributed by atoms with Crippen molar-refractivity contribution in [1.82, 2.24) is 10.3 Å². The number of amides is 1. The van der Waals surface area contributed by atoms with E-state index in [1.165, 1.54) is 0 Å². The lowest BCUT2D eigenvalue weighted by molar-refractivity contribution is 0.0935. The van der Waals surface area contributed by atoms with Crippen LogP contribution in [0.5, 0.6) is 0 Å². The van der Waals surface area contributed by atoms with E-state index in [2.05, 4.69) is 10.3 Å². The van der Waals surface area contributed by atoms with E-state index in [1.54, 1.807) is 6.20 Å². The van der Waals surface area contributed by atoms with Gasteiger partial charge in [-0.1, -0.05) is 24.3 Å². The molecule has 19 heavy (non-hydrogen) atoms. The zero-order chi connectivity index (χ0) is 13.8. The zero-order valence-corrected chi connectivity index (χ0v) is 11.8. The Labute approximate surface area is 118 Å². The summed E-state index contributed by atoms with van der Waals surface area (Å²) < 4.78 is 0. The van der Waals surface area contributed by atoms with Crippen LogP contribution in [0.15, 0.2) is 36.5 Å². The van der Waals surface area contributed by atoms with Gasteiger partial charge >= 0.3 is 0 Å². The highest BCUT2D eigenvalue weighted by atomic mass is 35.5. The lowest BCUT2D eigenvalue weighted by atomic mass is 10.1.